The van der Waals surface area contributed by atoms with Crippen molar-refractivity contribution in [2.75, 3.05) is 25.6 Å². The number of rotatable bonds is 8. The highest BCUT2D eigenvalue weighted by molar-refractivity contribution is 7.85. The van der Waals surface area contributed by atoms with E-state index < -0.39 is 16.0 Å². The van der Waals surface area contributed by atoms with Crippen LogP contribution in [0.1, 0.15) is 6.42 Å². The molecule has 0 saturated heterocycles. The minimum Gasteiger partial charge on any atom is -0.390 e. The predicted octanol–water partition coefficient (Wildman–Crippen LogP) is 0.905. The summed E-state index contributed by atoms with van der Waals surface area (Å²) < 4.78 is 35.9. The fourth-order valence-corrected chi connectivity index (χ4v) is 2.10. The molecule has 0 fully saturated rings. The van der Waals surface area contributed by atoms with E-state index in [0.29, 0.717) is 19.6 Å². The molecule has 0 aromatic heterocycles. The summed E-state index contributed by atoms with van der Waals surface area (Å²) in [5, 5.41) is 14.2. The van der Waals surface area contributed by atoms with Crippen molar-refractivity contribution in [1.82, 2.24) is 5.32 Å². The number of anilines is 1. The van der Waals surface area contributed by atoms with Crippen molar-refractivity contribution < 1.29 is 22.5 Å². The fraction of sp³-hybridized carbons (Fsp3) is 0.286. The lowest BCUT2D eigenvalue weighted by Crippen LogP contribution is -2.18. The summed E-state index contributed by atoms with van der Waals surface area (Å²) in [5.41, 5.74) is -0.0228. The average Bonchev–Trinajstić information content (AvgIpc) is 2.50. The van der Waals surface area contributed by atoms with Crippen LogP contribution in [0.3, 0.4) is 0 Å². The van der Waals surface area contributed by atoms with Crippen LogP contribution in [0.15, 0.2) is 40.9 Å². The van der Waals surface area contributed by atoms with E-state index in [1.807, 2.05) is 0 Å². The lowest BCUT2D eigenvalue weighted by molar-refractivity contribution is -0.112. The zero-order valence-electron chi connectivity index (χ0n) is 12.4. The first-order chi connectivity index (χ1) is 10.9. The van der Waals surface area contributed by atoms with Crippen molar-refractivity contribution >= 4 is 21.7 Å². The second-order valence-electron chi connectivity index (χ2n) is 4.43. The topological polar surface area (TPSA) is 129 Å². The van der Waals surface area contributed by atoms with Gasteiger partial charge in [0.2, 0.25) is 0 Å². The number of nitrogens with one attached hydrogen (secondary N) is 2. The van der Waals surface area contributed by atoms with Gasteiger partial charge in [-0.1, -0.05) is 6.07 Å². The van der Waals surface area contributed by atoms with Gasteiger partial charge in [-0.15, -0.1) is 0 Å². The molecule has 3 N–H and O–H groups in total. The third-order valence-corrected chi connectivity index (χ3v) is 3.52. The van der Waals surface area contributed by atoms with Crippen LogP contribution in [0.5, 0.6) is 0 Å². The molecule has 0 bridgehead atoms. The van der Waals surface area contributed by atoms with Gasteiger partial charge in [0.15, 0.2) is 0 Å². The van der Waals surface area contributed by atoms with Gasteiger partial charge >= 0.3 is 0 Å². The second kappa shape index (κ2) is 8.89. The number of nitrogens with zero attached hydrogens (tertiary/aromatic N) is 1. The van der Waals surface area contributed by atoms with Gasteiger partial charge in [0, 0.05) is 32.1 Å². The Kier molecular flexibility index (Phi) is 7.21. The van der Waals surface area contributed by atoms with Gasteiger partial charge in [-0.2, -0.15) is 13.7 Å². The second-order valence-corrected chi connectivity index (χ2v) is 5.85. The number of carbonyl (C=O) groups excluding carboxylic acids is 1. The summed E-state index contributed by atoms with van der Waals surface area (Å²) in [6.45, 7) is 1.09. The minimum absolute atomic E-state index is 0.144. The first kappa shape index (κ1) is 18.6. The monoisotopic (exact) mass is 339 g/mol. The first-order valence-electron chi connectivity index (χ1n) is 6.60. The Morgan fingerprint density at radius 3 is 2.83 bits per heavy atom. The summed E-state index contributed by atoms with van der Waals surface area (Å²) in [7, 11) is -2.79. The van der Waals surface area contributed by atoms with E-state index in [4.69, 9.17) is 14.6 Å². The molecule has 0 unspecified atom stereocenters. The van der Waals surface area contributed by atoms with Crippen molar-refractivity contribution in [1.29, 1.82) is 5.26 Å². The number of nitriles is 1. The van der Waals surface area contributed by atoms with E-state index in [0.717, 1.165) is 6.07 Å². The lowest BCUT2D eigenvalue weighted by atomic mass is 10.2. The summed E-state index contributed by atoms with van der Waals surface area (Å²) in [6, 6.07) is 6.82. The molecule has 9 heteroatoms. The molecule has 0 radical (unpaired) electrons. The van der Waals surface area contributed by atoms with Crippen LogP contribution in [-0.2, 0) is 19.6 Å². The molecule has 0 heterocycles. The Labute approximate surface area is 134 Å². The van der Waals surface area contributed by atoms with E-state index in [1.165, 1.54) is 24.4 Å². The molecule has 1 amide bonds. The molecule has 0 spiro atoms. The highest BCUT2D eigenvalue weighted by Crippen LogP contribution is 2.15. The molecule has 0 aliphatic heterocycles. The van der Waals surface area contributed by atoms with Gasteiger partial charge in [-0.25, -0.2) is 0 Å². The van der Waals surface area contributed by atoms with E-state index in [9.17, 15) is 13.2 Å². The van der Waals surface area contributed by atoms with Crippen molar-refractivity contribution in [3.63, 3.8) is 0 Å². The van der Waals surface area contributed by atoms with Gasteiger partial charge in [0.1, 0.15) is 11.6 Å². The maximum atomic E-state index is 11.9. The molecular weight excluding hydrogens is 322 g/mol. The van der Waals surface area contributed by atoms with Crippen LogP contribution in [-0.4, -0.2) is 39.1 Å². The van der Waals surface area contributed by atoms with Crippen LogP contribution < -0.4 is 10.6 Å². The van der Waals surface area contributed by atoms with Gasteiger partial charge in [-0.3, -0.25) is 9.35 Å². The summed E-state index contributed by atoms with van der Waals surface area (Å²) >= 11 is 0. The molecule has 1 aromatic rings. The van der Waals surface area contributed by atoms with Crippen LogP contribution in [0.25, 0.3) is 0 Å². The Hall–Kier alpha value is -2.41. The van der Waals surface area contributed by atoms with E-state index in [1.54, 1.807) is 13.2 Å². The maximum absolute atomic E-state index is 11.9. The normalized spacial score (nSPS) is 11.6. The average molecular weight is 339 g/mol. The van der Waals surface area contributed by atoms with Gasteiger partial charge < -0.3 is 15.4 Å². The van der Waals surface area contributed by atoms with Crippen LogP contribution >= 0.6 is 0 Å². The van der Waals surface area contributed by atoms with Gasteiger partial charge in [-0.05, 0) is 24.6 Å². The molecule has 1 rings (SSSR count). The maximum Gasteiger partial charge on any atom is 0.294 e. The minimum atomic E-state index is -4.37. The first-order valence-corrected chi connectivity index (χ1v) is 8.04. The Bertz CT molecular complexity index is 722. The molecular formula is C14H17N3O5S. The number of hydrogen-bond donors (Lipinski definition) is 3. The van der Waals surface area contributed by atoms with E-state index in [-0.39, 0.29) is 16.2 Å². The summed E-state index contributed by atoms with van der Waals surface area (Å²) in [4.78, 5) is 11.6. The molecule has 0 aliphatic carbocycles. The number of methoxy groups -OCH3 is 1. The zero-order chi connectivity index (χ0) is 17.3. The van der Waals surface area contributed by atoms with Crippen molar-refractivity contribution in [2.45, 2.75) is 11.3 Å². The smallest absolute Gasteiger partial charge is 0.294 e. The Morgan fingerprint density at radius 1 is 1.48 bits per heavy atom. The molecule has 124 valence electrons. The number of amides is 1. The number of carbonyl (C=O) groups is 1. The van der Waals surface area contributed by atoms with E-state index in [2.05, 4.69) is 10.6 Å². The van der Waals surface area contributed by atoms with Crippen LogP contribution in [0.4, 0.5) is 5.69 Å². The number of benzene rings is 1. The standard InChI is InChI=1S/C14H17N3O5S/c1-22-7-3-6-16-10-11(9-15)14(18)17-12-4-2-5-13(8-12)23(19,20)21/h2,4-5,8,10,16H,3,6-7H2,1H3,(H,17,18)(H,19,20,21)/b11-10-. The zero-order valence-corrected chi connectivity index (χ0v) is 13.3. The number of hydrogen-bond acceptors (Lipinski definition) is 6. The van der Waals surface area contributed by atoms with Crippen LogP contribution in [0, 0.1) is 11.3 Å². The van der Waals surface area contributed by atoms with Crippen LogP contribution in [0.2, 0.25) is 0 Å². The summed E-state index contributed by atoms with van der Waals surface area (Å²) in [5.74, 6) is -0.695. The Morgan fingerprint density at radius 2 is 2.22 bits per heavy atom. The third kappa shape index (κ3) is 6.48. The lowest BCUT2D eigenvalue weighted by Gasteiger charge is -2.06. The highest BCUT2D eigenvalue weighted by atomic mass is 32.2. The SMILES string of the molecule is COCCCN/C=C(/C#N)C(=O)Nc1cccc(S(=O)(=O)O)c1. The molecule has 0 aliphatic rings. The Balaban J connectivity index is 2.74. The predicted molar refractivity (Wildman–Crippen MR) is 83.1 cm³/mol. The fourth-order valence-electron chi connectivity index (χ4n) is 1.57. The summed E-state index contributed by atoms with van der Waals surface area (Å²) in [6.07, 6.45) is 1.99. The molecule has 0 atom stereocenters. The molecule has 1 aromatic carbocycles. The molecule has 0 saturated carbocycles. The van der Waals surface area contributed by atoms with Crippen molar-refractivity contribution in [3.05, 3.63) is 36.0 Å². The molecule has 23 heavy (non-hydrogen) atoms. The third-order valence-electron chi connectivity index (χ3n) is 2.67. The highest BCUT2D eigenvalue weighted by Gasteiger charge is 2.13. The number of ether oxygens (including phenoxy) is 1. The van der Waals surface area contributed by atoms with Crippen molar-refractivity contribution in [3.8, 4) is 6.07 Å². The van der Waals surface area contributed by atoms with Gasteiger partial charge in [0.05, 0.1) is 4.90 Å². The van der Waals surface area contributed by atoms with E-state index >= 15 is 0 Å². The molecule has 8 nitrogen and oxygen atoms in total. The van der Waals surface area contributed by atoms with Gasteiger partial charge in [0.25, 0.3) is 16.0 Å². The van der Waals surface area contributed by atoms with Crippen molar-refractivity contribution in [2.24, 2.45) is 0 Å². The quantitative estimate of drug-likeness (QED) is 0.278. The largest absolute Gasteiger partial charge is 0.390 e.